The zero-order valence-corrected chi connectivity index (χ0v) is 30.6. The Morgan fingerprint density at radius 2 is 0.860 bits per heavy atom. The zero-order chi connectivity index (χ0) is 34.9. The first-order chi connectivity index (χ1) is 24.4. The molecule has 0 bridgehead atoms. The molecule has 9 heteroatoms. The van der Waals surface area contributed by atoms with E-state index in [9.17, 15) is 8.42 Å². The smallest absolute Gasteiger partial charge is 0.264 e. The summed E-state index contributed by atoms with van der Waals surface area (Å²) in [5.41, 5.74) is 5.29. The van der Waals surface area contributed by atoms with Crippen LogP contribution in [0.5, 0.6) is 0 Å². The Morgan fingerprint density at radius 3 is 1.26 bits per heavy atom. The second-order valence-electron chi connectivity index (χ2n) is 11.8. The summed E-state index contributed by atoms with van der Waals surface area (Å²) >= 11 is 3.51. The predicted molar refractivity (Wildman–Crippen MR) is 205 cm³/mol. The maximum absolute atomic E-state index is 12.9. The molecule has 50 heavy (non-hydrogen) atoms. The fourth-order valence-corrected chi connectivity index (χ4v) is 8.64. The molecule has 0 N–H and O–H groups in total. The van der Waals surface area contributed by atoms with Crippen LogP contribution in [0, 0.1) is 0 Å². The van der Waals surface area contributed by atoms with Crippen LogP contribution in [0.1, 0.15) is 27.8 Å². The van der Waals surface area contributed by atoms with Crippen molar-refractivity contribution in [2.75, 3.05) is 12.9 Å². The molecule has 5 rings (SSSR count). The lowest BCUT2D eigenvalue weighted by Gasteiger charge is -2.37. The van der Waals surface area contributed by atoms with Crippen molar-refractivity contribution in [1.82, 2.24) is 0 Å². The van der Waals surface area contributed by atoms with Gasteiger partial charge in [-0.1, -0.05) is 152 Å². The molecule has 0 radical (unpaired) electrons. The molecule has 0 heterocycles. The van der Waals surface area contributed by atoms with E-state index in [1.807, 2.05) is 127 Å². The lowest BCUT2D eigenvalue weighted by molar-refractivity contribution is -0.134. The van der Waals surface area contributed by atoms with E-state index in [0.29, 0.717) is 13.2 Å². The van der Waals surface area contributed by atoms with Gasteiger partial charge in [0.15, 0.2) is 0 Å². The first kappa shape index (κ1) is 37.8. The summed E-state index contributed by atoms with van der Waals surface area (Å²) < 4.78 is 51.2. The van der Waals surface area contributed by atoms with Crippen LogP contribution in [0.25, 0.3) is 0 Å². The van der Waals surface area contributed by atoms with Crippen LogP contribution < -0.4 is 0 Å². The Kier molecular flexibility index (Phi) is 15.5. The Labute approximate surface area is 305 Å². The van der Waals surface area contributed by atoms with Crippen molar-refractivity contribution < 1.29 is 26.8 Å². The quantitative estimate of drug-likeness (QED) is 0.0548. The maximum Gasteiger partial charge on any atom is 0.264 e. The standard InChI is InChI=1S/C41H44O6S3/c1-50(42,43)47-38(30-44-27-33-17-7-2-8-18-33)39(45-28-34-19-9-3-10-20-34)40(46-29-35-21-11-4-12-22-35)41(48-31-36-23-13-5-14-24-36)49-32-37-25-15-6-16-26-37/h2-26,38-41H,27-32H2,1H3/t38-,39+,40+/m0/s1. The zero-order valence-electron chi connectivity index (χ0n) is 28.2. The molecule has 0 fully saturated rings. The minimum atomic E-state index is -3.91. The summed E-state index contributed by atoms with van der Waals surface area (Å²) in [5, 5.41) is 0. The molecule has 6 nitrogen and oxygen atoms in total. The number of rotatable bonds is 21. The van der Waals surface area contributed by atoms with Gasteiger partial charge in [-0.25, -0.2) is 0 Å². The van der Waals surface area contributed by atoms with Gasteiger partial charge in [0.2, 0.25) is 0 Å². The molecule has 0 spiro atoms. The van der Waals surface area contributed by atoms with E-state index >= 15 is 0 Å². The van der Waals surface area contributed by atoms with Crippen molar-refractivity contribution in [2.24, 2.45) is 0 Å². The van der Waals surface area contributed by atoms with Crippen LogP contribution in [0.4, 0.5) is 0 Å². The van der Waals surface area contributed by atoms with Gasteiger partial charge in [0, 0.05) is 11.5 Å². The van der Waals surface area contributed by atoms with E-state index in [-0.39, 0.29) is 17.8 Å². The molecule has 0 unspecified atom stereocenters. The van der Waals surface area contributed by atoms with Gasteiger partial charge in [0.05, 0.1) is 37.3 Å². The molecular formula is C41H44O6S3. The fourth-order valence-electron chi connectivity index (χ4n) is 5.29. The lowest BCUT2D eigenvalue weighted by atomic mass is 10.1. The number of hydrogen-bond acceptors (Lipinski definition) is 8. The van der Waals surface area contributed by atoms with Crippen LogP contribution in [-0.4, -0.2) is 44.2 Å². The molecule has 0 aliphatic carbocycles. The highest BCUT2D eigenvalue weighted by Crippen LogP contribution is 2.37. The monoisotopic (exact) mass is 728 g/mol. The Balaban J connectivity index is 1.51. The highest BCUT2D eigenvalue weighted by Gasteiger charge is 2.40. The molecule has 5 aromatic rings. The van der Waals surface area contributed by atoms with Gasteiger partial charge in [-0.3, -0.25) is 4.18 Å². The summed E-state index contributed by atoms with van der Waals surface area (Å²) in [6.45, 7) is 0.812. The Morgan fingerprint density at radius 1 is 0.500 bits per heavy atom. The maximum atomic E-state index is 12.9. The number of hydrogen-bond donors (Lipinski definition) is 0. The van der Waals surface area contributed by atoms with Crippen molar-refractivity contribution in [2.45, 2.75) is 54.2 Å². The number of thioether (sulfide) groups is 2. The largest absolute Gasteiger partial charge is 0.374 e. The van der Waals surface area contributed by atoms with Crippen LogP contribution >= 0.6 is 23.5 Å². The highest BCUT2D eigenvalue weighted by molar-refractivity contribution is 8.16. The molecule has 262 valence electrons. The first-order valence-corrected chi connectivity index (χ1v) is 20.5. The fraction of sp³-hybridized carbons (Fsp3) is 0.268. The minimum absolute atomic E-state index is 0.0218. The molecule has 5 aromatic carbocycles. The molecule has 0 saturated carbocycles. The van der Waals surface area contributed by atoms with Gasteiger partial charge in [-0.05, 0) is 27.8 Å². The molecular weight excluding hydrogens is 685 g/mol. The third-order valence-electron chi connectivity index (χ3n) is 7.74. The molecule has 0 aromatic heterocycles. The summed E-state index contributed by atoms with van der Waals surface area (Å²) in [6.07, 6.45) is -1.35. The lowest BCUT2D eigenvalue weighted by Crippen LogP contribution is -2.49. The first-order valence-electron chi connectivity index (χ1n) is 16.5. The molecule has 3 atom stereocenters. The van der Waals surface area contributed by atoms with Gasteiger partial charge in [-0.2, -0.15) is 8.42 Å². The van der Waals surface area contributed by atoms with Crippen molar-refractivity contribution in [3.63, 3.8) is 0 Å². The predicted octanol–water partition coefficient (Wildman–Crippen LogP) is 8.91. The third-order valence-corrected chi connectivity index (χ3v) is 11.3. The van der Waals surface area contributed by atoms with Crippen LogP contribution in [0.2, 0.25) is 0 Å². The summed E-state index contributed by atoms with van der Waals surface area (Å²) in [6, 6.07) is 50.2. The van der Waals surface area contributed by atoms with Gasteiger partial charge in [-0.15, -0.1) is 23.5 Å². The SMILES string of the molecule is CS(=O)(=O)O[C@@H](COCc1ccccc1)[C@@H](OCc1ccccc1)[C@@H](OCc1ccccc1)C(SCc1ccccc1)SCc1ccccc1. The van der Waals surface area contributed by atoms with Crippen molar-refractivity contribution in [3.05, 3.63) is 179 Å². The van der Waals surface area contributed by atoms with Gasteiger partial charge < -0.3 is 14.2 Å². The normalized spacial score (nSPS) is 13.6. The van der Waals surface area contributed by atoms with Crippen molar-refractivity contribution >= 4 is 33.6 Å². The van der Waals surface area contributed by atoms with E-state index in [2.05, 4.69) is 24.3 Å². The topological polar surface area (TPSA) is 71.1 Å². The van der Waals surface area contributed by atoms with E-state index in [4.69, 9.17) is 18.4 Å². The molecule has 0 amide bonds. The average Bonchev–Trinajstić information content (AvgIpc) is 3.14. The van der Waals surface area contributed by atoms with Gasteiger partial charge >= 0.3 is 0 Å². The molecule has 0 aliphatic heterocycles. The van der Waals surface area contributed by atoms with Gasteiger partial charge in [0.1, 0.15) is 18.3 Å². The second-order valence-corrected chi connectivity index (χ2v) is 16.0. The van der Waals surface area contributed by atoms with E-state index in [1.54, 1.807) is 23.5 Å². The van der Waals surface area contributed by atoms with E-state index in [1.165, 1.54) is 11.1 Å². The van der Waals surface area contributed by atoms with Crippen LogP contribution in [-0.2, 0) is 59.8 Å². The van der Waals surface area contributed by atoms with E-state index in [0.717, 1.165) is 34.5 Å². The molecule has 0 saturated heterocycles. The summed E-state index contributed by atoms with van der Waals surface area (Å²) in [7, 11) is -3.91. The number of benzene rings is 5. The van der Waals surface area contributed by atoms with Crippen LogP contribution in [0.3, 0.4) is 0 Å². The third kappa shape index (κ3) is 13.4. The number of ether oxygens (including phenoxy) is 3. The minimum Gasteiger partial charge on any atom is -0.374 e. The van der Waals surface area contributed by atoms with E-state index < -0.39 is 28.4 Å². The average molecular weight is 729 g/mol. The van der Waals surface area contributed by atoms with Crippen molar-refractivity contribution in [1.29, 1.82) is 0 Å². The Hall–Kier alpha value is -3.41. The summed E-state index contributed by atoms with van der Waals surface area (Å²) in [4.78, 5) is 0. The second kappa shape index (κ2) is 20.4. The van der Waals surface area contributed by atoms with Gasteiger partial charge in [0.25, 0.3) is 10.1 Å². The van der Waals surface area contributed by atoms with Crippen molar-refractivity contribution in [3.8, 4) is 0 Å². The highest BCUT2D eigenvalue weighted by atomic mass is 32.2. The summed E-state index contributed by atoms with van der Waals surface area (Å²) in [5.74, 6) is 1.46. The Bertz CT molecular complexity index is 1700. The van der Waals surface area contributed by atoms with Crippen LogP contribution in [0.15, 0.2) is 152 Å². The molecule has 0 aliphatic rings.